The lowest BCUT2D eigenvalue weighted by atomic mass is 10.2. The maximum absolute atomic E-state index is 12.6. The Morgan fingerprint density at radius 1 is 1.31 bits per heavy atom. The first-order valence-corrected chi connectivity index (χ1v) is 9.07. The van der Waals surface area contributed by atoms with Crippen molar-refractivity contribution in [3.05, 3.63) is 41.9 Å². The van der Waals surface area contributed by atoms with Crippen molar-refractivity contribution in [1.82, 2.24) is 19.9 Å². The van der Waals surface area contributed by atoms with Gasteiger partial charge in [-0.25, -0.2) is 9.50 Å². The number of methoxy groups -OCH3 is 1. The molecule has 0 aromatic carbocycles. The second-order valence-electron chi connectivity index (χ2n) is 6.84. The maximum atomic E-state index is 12.6. The second-order valence-corrected chi connectivity index (χ2v) is 6.84. The first-order valence-electron chi connectivity index (χ1n) is 10.6. The van der Waals surface area contributed by atoms with Crippen LogP contribution in [0.25, 0.3) is 5.52 Å². The Hall–Kier alpha value is -3.62. The minimum Gasteiger partial charge on any atom is -0.492 e. The molecule has 2 amide bonds. The molecule has 3 heterocycles. The number of carbonyl (C=O) groups is 2. The SMILES string of the molecule is [2H]C([2H])([2H])NC(=O)c1cnc(NC(=O)C2CC2)cc1Nc1ccn2ncc(C)c2c1OC. The Morgan fingerprint density at radius 2 is 2.14 bits per heavy atom. The molecule has 0 bridgehead atoms. The number of hydrogen-bond donors (Lipinski definition) is 3. The van der Waals surface area contributed by atoms with Crippen molar-refractivity contribution in [1.29, 1.82) is 0 Å². The molecule has 9 nitrogen and oxygen atoms in total. The minimum absolute atomic E-state index is 0.00213. The lowest BCUT2D eigenvalue weighted by Gasteiger charge is -2.16. The molecule has 150 valence electrons. The zero-order chi connectivity index (χ0) is 23.0. The van der Waals surface area contributed by atoms with Crippen LogP contribution in [0.3, 0.4) is 0 Å². The highest BCUT2D eigenvalue weighted by atomic mass is 16.5. The third kappa shape index (κ3) is 3.58. The Balaban J connectivity index is 1.74. The third-order valence-electron chi connectivity index (χ3n) is 4.76. The predicted octanol–water partition coefficient (Wildman–Crippen LogP) is 2.50. The number of fused-ring (bicyclic) bond motifs is 1. The van der Waals surface area contributed by atoms with Gasteiger partial charge in [0.2, 0.25) is 5.91 Å². The van der Waals surface area contributed by atoms with E-state index in [1.165, 1.54) is 19.4 Å². The van der Waals surface area contributed by atoms with E-state index < -0.39 is 12.9 Å². The van der Waals surface area contributed by atoms with E-state index in [4.69, 9.17) is 8.85 Å². The molecule has 3 aromatic heterocycles. The summed E-state index contributed by atoms with van der Waals surface area (Å²) >= 11 is 0. The fourth-order valence-electron chi connectivity index (χ4n) is 3.09. The van der Waals surface area contributed by atoms with Crippen LogP contribution >= 0.6 is 0 Å². The van der Waals surface area contributed by atoms with Crippen molar-refractivity contribution in [2.45, 2.75) is 19.8 Å². The number of nitrogens with zero attached hydrogens (tertiary/aromatic N) is 3. The average Bonchev–Trinajstić information content (AvgIpc) is 3.50. The van der Waals surface area contributed by atoms with Gasteiger partial charge in [0.15, 0.2) is 5.75 Å². The molecule has 1 saturated carbocycles. The number of rotatable bonds is 6. The highest BCUT2D eigenvalue weighted by Gasteiger charge is 2.30. The highest BCUT2D eigenvalue weighted by Crippen LogP contribution is 2.35. The molecule has 3 aromatic rings. The molecule has 0 radical (unpaired) electrons. The summed E-state index contributed by atoms with van der Waals surface area (Å²) in [5, 5.41) is 12.1. The Kier molecular flexibility index (Phi) is 3.92. The van der Waals surface area contributed by atoms with Crippen LogP contribution in [0.4, 0.5) is 17.2 Å². The first kappa shape index (κ1) is 15.3. The second kappa shape index (κ2) is 7.42. The van der Waals surface area contributed by atoms with Crippen molar-refractivity contribution in [3.63, 3.8) is 0 Å². The summed E-state index contributed by atoms with van der Waals surface area (Å²) in [6.45, 7) is -0.777. The fourth-order valence-corrected chi connectivity index (χ4v) is 3.09. The molecule has 29 heavy (non-hydrogen) atoms. The van der Waals surface area contributed by atoms with Crippen molar-refractivity contribution in [2.75, 3.05) is 24.7 Å². The Bertz CT molecular complexity index is 1200. The molecular weight excluding hydrogens is 372 g/mol. The molecular formula is C20H22N6O3. The van der Waals surface area contributed by atoms with Crippen LogP contribution in [0, 0.1) is 12.8 Å². The van der Waals surface area contributed by atoms with Crippen LogP contribution in [0.1, 0.15) is 32.9 Å². The van der Waals surface area contributed by atoms with Gasteiger partial charge in [-0.05, 0) is 31.4 Å². The number of anilines is 3. The van der Waals surface area contributed by atoms with Crippen molar-refractivity contribution >= 4 is 34.5 Å². The number of hydrogen-bond acceptors (Lipinski definition) is 6. The van der Waals surface area contributed by atoms with E-state index in [9.17, 15) is 9.59 Å². The van der Waals surface area contributed by atoms with E-state index in [0.29, 0.717) is 11.4 Å². The summed E-state index contributed by atoms with van der Waals surface area (Å²) in [5.74, 6) is -0.266. The fraction of sp³-hybridized carbons (Fsp3) is 0.300. The van der Waals surface area contributed by atoms with Gasteiger partial charge < -0.3 is 20.7 Å². The molecule has 1 aliphatic carbocycles. The van der Waals surface area contributed by atoms with Crippen LogP contribution in [-0.4, -0.2) is 40.5 Å². The van der Waals surface area contributed by atoms with E-state index in [-0.39, 0.29) is 28.9 Å². The Labute approximate surface area is 171 Å². The molecule has 0 saturated heterocycles. The summed E-state index contributed by atoms with van der Waals surface area (Å²) in [4.78, 5) is 28.9. The smallest absolute Gasteiger partial charge is 0.254 e. The minimum atomic E-state index is -2.67. The molecule has 0 aliphatic heterocycles. The van der Waals surface area contributed by atoms with E-state index in [0.717, 1.165) is 23.9 Å². The van der Waals surface area contributed by atoms with E-state index in [2.05, 4.69) is 20.7 Å². The normalized spacial score (nSPS) is 15.2. The molecule has 0 spiro atoms. The topological polar surface area (TPSA) is 110 Å². The van der Waals surface area contributed by atoms with Crippen LogP contribution in [-0.2, 0) is 4.79 Å². The number of amides is 2. The van der Waals surface area contributed by atoms with Gasteiger partial charge in [-0.15, -0.1) is 0 Å². The molecule has 1 fully saturated rings. The molecule has 9 heteroatoms. The zero-order valence-corrected chi connectivity index (χ0v) is 15.9. The standard InChI is InChI=1S/C20H22N6O3/c1-11-9-23-26-7-6-14(18(29-3)17(11)26)24-15-8-16(25-19(27)12-4-5-12)22-10-13(15)20(28)21-2/h6-10,12H,4-5H2,1-3H3,(H,21,28)(H2,22,24,25,27)/i2D3. The van der Waals surface area contributed by atoms with Gasteiger partial charge in [0.1, 0.15) is 11.3 Å². The van der Waals surface area contributed by atoms with Gasteiger partial charge in [0.05, 0.1) is 30.2 Å². The summed E-state index contributed by atoms with van der Waals surface area (Å²) in [6.07, 6.45) is 6.32. The quantitative estimate of drug-likeness (QED) is 0.590. The molecule has 4 rings (SSSR count). The van der Waals surface area contributed by atoms with Gasteiger partial charge in [-0.1, -0.05) is 0 Å². The van der Waals surface area contributed by atoms with Gasteiger partial charge in [0, 0.05) is 35.5 Å². The lowest BCUT2D eigenvalue weighted by Crippen LogP contribution is -2.20. The zero-order valence-electron chi connectivity index (χ0n) is 18.9. The number of aryl methyl sites for hydroxylation is 1. The van der Waals surface area contributed by atoms with Crippen LogP contribution in [0.2, 0.25) is 0 Å². The average molecular weight is 397 g/mol. The van der Waals surface area contributed by atoms with Crippen LogP contribution in [0.15, 0.2) is 30.7 Å². The predicted molar refractivity (Wildman–Crippen MR) is 109 cm³/mol. The highest BCUT2D eigenvalue weighted by molar-refractivity contribution is 6.01. The first-order chi connectivity index (χ1) is 15.2. The van der Waals surface area contributed by atoms with E-state index in [1.807, 2.05) is 12.2 Å². The molecule has 3 N–H and O–H groups in total. The third-order valence-corrected chi connectivity index (χ3v) is 4.76. The summed E-state index contributed by atoms with van der Waals surface area (Å²) in [6, 6.07) is 3.20. The largest absolute Gasteiger partial charge is 0.492 e. The van der Waals surface area contributed by atoms with Gasteiger partial charge in [0.25, 0.3) is 5.91 Å². The van der Waals surface area contributed by atoms with Crippen molar-refractivity contribution in [2.24, 2.45) is 5.92 Å². The van der Waals surface area contributed by atoms with Crippen molar-refractivity contribution < 1.29 is 18.4 Å². The summed E-state index contributed by atoms with van der Waals surface area (Å²) < 4.78 is 29.2. The number of carbonyl (C=O) groups excluding carboxylic acids is 2. The number of pyridine rings is 2. The van der Waals surface area contributed by atoms with Crippen LogP contribution < -0.4 is 20.7 Å². The molecule has 0 unspecified atom stereocenters. The number of nitrogens with one attached hydrogen (secondary N) is 3. The van der Waals surface area contributed by atoms with Gasteiger partial charge >= 0.3 is 0 Å². The van der Waals surface area contributed by atoms with E-state index >= 15 is 0 Å². The van der Waals surface area contributed by atoms with Crippen molar-refractivity contribution in [3.8, 4) is 5.75 Å². The number of ether oxygens (including phenoxy) is 1. The maximum Gasteiger partial charge on any atom is 0.254 e. The number of aromatic nitrogens is 3. The van der Waals surface area contributed by atoms with Gasteiger partial charge in [-0.2, -0.15) is 5.10 Å². The monoisotopic (exact) mass is 397 g/mol. The summed E-state index contributed by atoms with van der Waals surface area (Å²) in [7, 11) is 1.52. The molecule has 0 atom stereocenters. The summed E-state index contributed by atoms with van der Waals surface area (Å²) in [5.41, 5.74) is 2.41. The molecule has 1 aliphatic rings. The van der Waals surface area contributed by atoms with Gasteiger partial charge in [-0.3, -0.25) is 9.59 Å². The lowest BCUT2D eigenvalue weighted by molar-refractivity contribution is -0.117. The Morgan fingerprint density at radius 3 is 2.86 bits per heavy atom. The van der Waals surface area contributed by atoms with E-state index in [1.54, 1.807) is 23.0 Å². The van der Waals surface area contributed by atoms with Crippen LogP contribution in [0.5, 0.6) is 5.75 Å².